The van der Waals surface area contributed by atoms with Crippen molar-refractivity contribution in [3.63, 3.8) is 0 Å². The van der Waals surface area contributed by atoms with Gasteiger partial charge in [-0.2, -0.15) is 0 Å². The van der Waals surface area contributed by atoms with Crippen LogP contribution >= 0.6 is 11.6 Å². The van der Waals surface area contributed by atoms with Crippen LogP contribution in [0.1, 0.15) is 15.9 Å². The van der Waals surface area contributed by atoms with Gasteiger partial charge >= 0.3 is 0 Å². The number of hydrogen-bond donors (Lipinski definition) is 2. The van der Waals surface area contributed by atoms with Crippen LogP contribution in [0.5, 0.6) is 0 Å². The van der Waals surface area contributed by atoms with Gasteiger partial charge in [0, 0.05) is 28.9 Å². The molecular weight excluding hydrogens is 286 g/mol. The number of rotatable bonds is 3. The average molecular weight is 297 g/mol. The summed E-state index contributed by atoms with van der Waals surface area (Å²) >= 11 is 5.78. The van der Waals surface area contributed by atoms with Crippen LogP contribution in [0.15, 0.2) is 36.4 Å². The van der Waals surface area contributed by atoms with Crippen molar-refractivity contribution in [2.75, 3.05) is 5.73 Å². The number of nitrogens with one attached hydrogen (secondary N) is 1. The summed E-state index contributed by atoms with van der Waals surface area (Å²) in [6.45, 7) is -0.0725. The fourth-order valence-electron chi connectivity index (χ4n) is 1.66. The molecule has 0 heterocycles. The molecule has 0 atom stereocenters. The number of carbonyl (C=O) groups is 1. The van der Waals surface area contributed by atoms with Crippen LogP contribution in [0, 0.1) is 11.6 Å². The van der Waals surface area contributed by atoms with Crippen LogP contribution in [0.4, 0.5) is 14.5 Å². The fourth-order valence-corrected chi connectivity index (χ4v) is 1.83. The van der Waals surface area contributed by atoms with E-state index in [4.69, 9.17) is 17.3 Å². The number of benzene rings is 2. The van der Waals surface area contributed by atoms with Crippen LogP contribution in [-0.2, 0) is 6.54 Å². The Morgan fingerprint density at radius 2 is 1.95 bits per heavy atom. The zero-order valence-electron chi connectivity index (χ0n) is 10.3. The first-order chi connectivity index (χ1) is 9.47. The van der Waals surface area contributed by atoms with E-state index in [0.29, 0.717) is 5.02 Å². The summed E-state index contributed by atoms with van der Waals surface area (Å²) in [5.74, 6) is -1.87. The van der Waals surface area contributed by atoms with Crippen molar-refractivity contribution in [3.05, 3.63) is 64.2 Å². The van der Waals surface area contributed by atoms with E-state index in [0.717, 1.165) is 12.1 Å². The molecule has 0 spiro atoms. The Morgan fingerprint density at radius 1 is 1.20 bits per heavy atom. The summed E-state index contributed by atoms with van der Waals surface area (Å²) in [6.07, 6.45) is 0. The van der Waals surface area contributed by atoms with E-state index in [1.54, 1.807) is 6.07 Å². The van der Waals surface area contributed by atoms with Crippen molar-refractivity contribution < 1.29 is 13.6 Å². The Bertz CT molecular complexity index is 662. The molecule has 0 aliphatic carbocycles. The topological polar surface area (TPSA) is 55.1 Å². The quantitative estimate of drug-likeness (QED) is 0.855. The van der Waals surface area contributed by atoms with Gasteiger partial charge in [0.25, 0.3) is 5.91 Å². The predicted octanol–water partition coefficient (Wildman–Crippen LogP) is 3.13. The summed E-state index contributed by atoms with van der Waals surface area (Å²) in [6, 6.07) is 7.65. The minimum absolute atomic E-state index is 0.0725. The molecule has 0 saturated heterocycles. The minimum Gasteiger partial charge on any atom is -0.398 e. The van der Waals surface area contributed by atoms with E-state index >= 15 is 0 Å². The van der Waals surface area contributed by atoms with Gasteiger partial charge in [0.15, 0.2) is 0 Å². The van der Waals surface area contributed by atoms with Crippen LogP contribution in [0.3, 0.4) is 0 Å². The average Bonchev–Trinajstić information content (AvgIpc) is 2.40. The molecule has 6 heteroatoms. The van der Waals surface area contributed by atoms with Gasteiger partial charge in [-0.25, -0.2) is 8.78 Å². The van der Waals surface area contributed by atoms with Crippen molar-refractivity contribution in [1.29, 1.82) is 0 Å². The van der Waals surface area contributed by atoms with E-state index in [9.17, 15) is 13.6 Å². The largest absolute Gasteiger partial charge is 0.398 e. The normalized spacial score (nSPS) is 10.3. The van der Waals surface area contributed by atoms with Crippen LogP contribution in [-0.4, -0.2) is 5.91 Å². The molecule has 0 bridgehead atoms. The molecule has 2 rings (SSSR count). The van der Waals surface area contributed by atoms with Crippen LogP contribution in [0.25, 0.3) is 0 Å². The van der Waals surface area contributed by atoms with Crippen molar-refractivity contribution in [3.8, 4) is 0 Å². The Morgan fingerprint density at radius 3 is 2.65 bits per heavy atom. The molecule has 3 nitrogen and oxygen atoms in total. The van der Waals surface area contributed by atoms with Gasteiger partial charge in [0.2, 0.25) is 0 Å². The lowest BCUT2D eigenvalue weighted by Crippen LogP contribution is -2.24. The van der Waals surface area contributed by atoms with Gasteiger partial charge < -0.3 is 11.1 Å². The second-order valence-electron chi connectivity index (χ2n) is 4.15. The zero-order valence-corrected chi connectivity index (χ0v) is 11.0. The molecule has 20 heavy (non-hydrogen) atoms. The maximum absolute atomic E-state index is 13.4. The lowest BCUT2D eigenvalue weighted by Gasteiger charge is -2.08. The van der Waals surface area contributed by atoms with Gasteiger partial charge in [0.05, 0.1) is 5.56 Å². The highest BCUT2D eigenvalue weighted by Gasteiger charge is 2.11. The smallest absolute Gasteiger partial charge is 0.253 e. The Hall–Kier alpha value is -2.14. The molecule has 0 fully saturated rings. The van der Waals surface area contributed by atoms with Crippen molar-refractivity contribution in [1.82, 2.24) is 5.32 Å². The third-order valence-electron chi connectivity index (χ3n) is 2.71. The van der Waals surface area contributed by atoms with Gasteiger partial charge in [-0.05, 0) is 24.3 Å². The molecule has 0 aromatic heterocycles. The Labute approximate surface area is 119 Å². The lowest BCUT2D eigenvalue weighted by atomic mass is 10.1. The Kier molecular flexibility index (Phi) is 4.20. The summed E-state index contributed by atoms with van der Waals surface area (Å²) < 4.78 is 26.2. The third-order valence-corrected chi connectivity index (χ3v) is 2.95. The summed E-state index contributed by atoms with van der Waals surface area (Å²) in [4.78, 5) is 11.9. The summed E-state index contributed by atoms with van der Waals surface area (Å²) in [5, 5.41) is 2.88. The lowest BCUT2D eigenvalue weighted by molar-refractivity contribution is 0.0951. The monoisotopic (exact) mass is 296 g/mol. The minimum atomic E-state index is -0.718. The second-order valence-corrected chi connectivity index (χ2v) is 4.59. The number of hydrogen-bond acceptors (Lipinski definition) is 2. The van der Waals surface area contributed by atoms with Crippen LogP contribution < -0.4 is 11.1 Å². The van der Waals surface area contributed by atoms with Gasteiger partial charge in [0.1, 0.15) is 11.6 Å². The molecule has 2 aromatic carbocycles. The van der Waals surface area contributed by atoms with E-state index in [-0.39, 0.29) is 23.4 Å². The number of nitrogen functional groups attached to an aromatic ring is 1. The van der Waals surface area contributed by atoms with Gasteiger partial charge in [-0.1, -0.05) is 17.7 Å². The molecule has 0 aliphatic heterocycles. The van der Waals surface area contributed by atoms with Gasteiger partial charge in [-0.3, -0.25) is 4.79 Å². The molecular formula is C14H11ClF2N2O. The van der Waals surface area contributed by atoms with Crippen LogP contribution in [0.2, 0.25) is 5.02 Å². The molecule has 0 saturated carbocycles. The highest BCUT2D eigenvalue weighted by atomic mass is 35.5. The van der Waals surface area contributed by atoms with Crippen molar-refractivity contribution >= 4 is 23.2 Å². The standard InChI is InChI=1S/C14H11ClF2N2O/c15-9-2-4-13(18)11(5-9)14(20)19-7-8-1-3-10(16)6-12(8)17/h1-6H,7,18H2,(H,19,20). The SMILES string of the molecule is Nc1ccc(Cl)cc1C(=O)NCc1ccc(F)cc1F. The maximum atomic E-state index is 13.4. The van der Waals surface area contributed by atoms with E-state index in [1.807, 2.05) is 0 Å². The molecule has 104 valence electrons. The summed E-state index contributed by atoms with van der Waals surface area (Å²) in [7, 11) is 0. The fraction of sp³-hybridized carbons (Fsp3) is 0.0714. The van der Waals surface area contributed by atoms with E-state index in [1.165, 1.54) is 18.2 Å². The first kappa shape index (κ1) is 14.3. The molecule has 0 aliphatic rings. The molecule has 2 aromatic rings. The number of amides is 1. The highest BCUT2D eigenvalue weighted by molar-refractivity contribution is 6.31. The predicted molar refractivity (Wildman–Crippen MR) is 73.4 cm³/mol. The van der Waals surface area contributed by atoms with Crippen molar-refractivity contribution in [2.24, 2.45) is 0 Å². The zero-order chi connectivity index (χ0) is 14.7. The van der Waals surface area contributed by atoms with Gasteiger partial charge in [-0.15, -0.1) is 0 Å². The maximum Gasteiger partial charge on any atom is 0.253 e. The number of nitrogens with two attached hydrogens (primary N) is 1. The number of anilines is 1. The third kappa shape index (κ3) is 3.24. The first-order valence-corrected chi connectivity index (χ1v) is 6.12. The highest BCUT2D eigenvalue weighted by Crippen LogP contribution is 2.18. The van der Waals surface area contributed by atoms with Crippen molar-refractivity contribution in [2.45, 2.75) is 6.54 Å². The van der Waals surface area contributed by atoms with E-state index < -0.39 is 17.5 Å². The molecule has 1 amide bonds. The molecule has 0 unspecified atom stereocenters. The first-order valence-electron chi connectivity index (χ1n) is 5.74. The number of carbonyl (C=O) groups excluding carboxylic acids is 1. The molecule has 0 radical (unpaired) electrons. The second kappa shape index (κ2) is 5.88. The Balaban J connectivity index is 2.10. The summed E-state index contributed by atoms with van der Waals surface area (Å²) in [5.41, 5.74) is 6.33. The van der Waals surface area contributed by atoms with E-state index in [2.05, 4.69) is 5.32 Å². The molecule has 3 N–H and O–H groups in total. The number of halogens is 3.